The van der Waals surface area contributed by atoms with E-state index in [0.29, 0.717) is 6.10 Å². The number of hydrogen-bond acceptors (Lipinski definition) is 3. The summed E-state index contributed by atoms with van der Waals surface area (Å²) in [5.41, 5.74) is 0. The molecule has 2 rings (SSSR count). The lowest BCUT2D eigenvalue weighted by molar-refractivity contribution is 0.112. The van der Waals surface area contributed by atoms with Gasteiger partial charge in [-0.3, -0.25) is 4.90 Å². The quantitative estimate of drug-likeness (QED) is 0.725. The molecule has 0 spiro atoms. The molecule has 3 heteroatoms. The summed E-state index contributed by atoms with van der Waals surface area (Å²) in [6.45, 7) is 5.73. The van der Waals surface area contributed by atoms with Gasteiger partial charge in [0.25, 0.3) is 0 Å². The number of ether oxygens (including phenoxy) is 1. The number of methoxy groups -OCH3 is 1. The zero-order valence-corrected chi connectivity index (χ0v) is 9.33. The van der Waals surface area contributed by atoms with Crippen LogP contribution in [0.1, 0.15) is 26.2 Å². The molecule has 3 unspecified atom stereocenters. The first-order chi connectivity index (χ1) is 6.81. The third-order valence-electron chi connectivity index (χ3n) is 3.68. The summed E-state index contributed by atoms with van der Waals surface area (Å²) in [6.07, 6.45) is 4.44. The van der Waals surface area contributed by atoms with E-state index in [0.717, 1.165) is 18.6 Å². The fourth-order valence-electron chi connectivity index (χ4n) is 2.72. The van der Waals surface area contributed by atoms with E-state index < -0.39 is 0 Å². The van der Waals surface area contributed by atoms with Crippen molar-refractivity contribution in [2.24, 2.45) is 0 Å². The fraction of sp³-hybridized carbons (Fsp3) is 1.00. The number of hydrogen-bond donors (Lipinski definition) is 1. The summed E-state index contributed by atoms with van der Waals surface area (Å²) in [6, 6.07) is 1.54. The molecule has 3 nitrogen and oxygen atoms in total. The van der Waals surface area contributed by atoms with Crippen molar-refractivity contribution < 1.29 is 4.74 Å². The Kier molecular flexibility index (Phi) is 3.42. The maximum atomic E-state index is 5.25. The molecule has 2 aliphatic rings. The molecule has 0 aromatic carbocycles. The normalized spacial score (nSPS) is 34.7. The molecular formula is C11H22N2O. The SMILES string of the molecule is COC(C)CNC1CCN2CCCC12. The van der Waals surface area contributed by atoms with E-state index in [2.05, 4.69) is 17.1 Å². The van der Waals surface area contributed by atoms with Gasteiger partial charge in [-0.05, 0) is 32.7 Å². The van der Waals surface area contributed by atoms with Crippen molar-refractivity contribution >= 4 is 0 Å². The van der Waals surface area contributed by atoms with Crippen LogP contribution < -0.4 is 5.32 Å². The number of rotatable bonds is 4. The molecule has 0 aliphatic carbocycles. The van der Waals surface area contributed by atoms with Crippen molar-refractivity contribution in [3.8, 4) is 0 Å². The zero-order chi connectivity index (χ0) is 9.97. The van der Waals surface area contributed by atoms with Crippen LogP contribution in [0.3, 0.4) is 0 Å². The first-order valence-corrected chi connectivity index (χ1v) is 5.81. The van der Waals surface area contributed by atoms with Gasteiger partial charge in [-0.1, -0.05) is 0 Å². The third kappa shape index (κ3) is 2.10. The molecule has 82 valence electrons. The smallest absolute Gasteiger partial charge is 0.0667 e. The second kappa shape index (κ2) is 4.60. The van der Waals surface area contributed by atoms with E-state index in [1.807, 2.05) is 0 Å². The summed E-state index contributed by atoms with van der Waals surface area (Å²) < 4.78 is 5.25. The molecule has 2 aliphatic heterocycles. The molecule has 2 saturated heterocycles. The van der Waals surface area contributed by atoms with Gasteiger partial charge in [-0.15, -0.1) is 0 Å². The van der Waals surface area contributed by atoms with E-state index >= 15 is 0 Å². The van der Waals surface area contributed by atoms with Crippen LogP contribution in [-0.2, 0) is 4.74 Å². The summed E-state index contributed by atoms with van der Waals surface area (Å²) in [7, 11) is 1.78. The predicted molar refractivity (Wildman–Crippen MR) is 57.5 cm³/mol. The minimum Gasteiger partial charge on any atom is -0.380 e. The van der Waals surface area contributed by atoms with Crippen molar-refractivity contribution in [2.45, 2.75) is 44.4 Å². The minimum absolute atomic E-state index is 0.338. The van der Waals surface area contributed by atoms with Crippen molar-refractivity contribution in [1.29, 1.82) is 0 Å². The molecule has 0 aromatic heterocycles. The summed E-state index contributed by atoms with van der Waals surface area (Å²) in [5, 5.41) is 3.64. The van der Waals surface area contributed by atoms with Gasteiger partial charge in [0, 0.05) is 32.3 Å². The maximum Gasteiger partial charge on any atom is 0.0667 e. The van der Waals surface area contributed by atoms with Crippen molar-refractivity contribution in [3.05, 3.63) is 0 Å². The average molecular weight is 198 g/mol. The Morgan fingerprint density at radius 2 is 2.29 bits per heavy atom. The Labute approximate surface area is 86.8 Å². The lowest BCUT2D eigenvalue weighted by atomic mass is 10.1. The van der Waals surface area contributed by atoms with Gasteiger partial charge >= 0.3 is 0 Å². The fourth-order valence-corrected chi connectivity index (χ4v) is 2.72. The van der Waals surface area contributed by atoms with Gasteiger partial charge in [0.2, 0.25) is 0 Å². The molecule has 0 amide bonds. The van der Waals surface area contributed by atoms with Crippen LogP contribution in [0.2, 0.25) is 0 Å². The topological polar surface area (TPSA) is 24.5 Å². The molecule has 0 aromatic rings. The molecule has 0 radical (unpaired) electrons. The summed E-state index contributed by atoms with van der Waals surface area (Å²) >= 11 is 0. The minimum atomic E-state index is 0.338. The molecule has 2 fully saturated rings. The molecule has 1 N–H and O–H groups in total. The van der Waals surface area contributed by atoms with E-state index in [1.54, 1.807) is 7.11 Å². The van der Waals surface area contributed by atoms with Crippen molar-refractivity contribution in [3.63, 3.8) is 0 Å². The predicted octanol–water partition coefficient (Wildman–Crippen LogP) is 0.848. The first-order valence-electron chi connectivity index (χ1n) is 5.81. The van der Waals surface area contributed by atoms with Crippen LogP contribution in [0, 0.1) is 0 Å². The molecule has 14 heavy (non-hydrogen) atoms. The summed E-state index contributed by atoms with van der Waals surface area (Å²) in [4.78, 5) is 2.63. The number of nitrogens with one attached hydrogen (secondary N) is 1. The van der Waals surface area contributed by atoms with Crippen molar-refractivity contribution in [2.75, 3.05) is 26.7 Å². The second-order valence-electron chi connectivity index (χ2n) is 4.60. The monoisotopic (exact) mass is 198 g/mol. The Hall–Kier alpha value is -0.120. The molecule has 3 atom stereocenters. The van der Waals surface area contributed by atoms with Crippen LogP contribution in [-0.4, -0.2) is 49.8 Å². The second-order valence-corrected chi connectivity index (χ2v) is 4.60. The van der Waals surface area contributed by atoms with E-state index in [1.165, 1.54) is 32.4 Å². The van der Waals surface area contributed by atoms with Crippen LogP contribution >= 0.6 is 0 Å². The van der Waals surface area contributed by atoms with Gasteiger partial charge in [-0.25, -0.2) is 0 Å². The highest BCUT2D eigenvalue weighted by Gasteiger charge is 2.36. The molecule has 0 bridgehead atoms. The lowest BCUT2D eigenvalue weighted by Gasteiger charge is -2.22. The Bertz CT molecular complexity index is 186. The third-order valence-corrected chi connectivity index (χ3v) is 3.68. The Morgan fingerprint density at radius 1 is 1.43 bits per heavy atom. The van der Waals surface area contributed by atoms with Gasteiger partial charge in [0.15, 0.2) is 0 Å². The Morgan fingerprint density at radius 3 is 3.07 bits per heavy atom. The van der Waals surface area contributed by atoms with Crippen LogP contribution in [0.15, 0.2) is 0 Å². The molecular weight excluding hydrogens is 176 g/mol. The lowest BCUT2D eigenvalue weighted by Crippen LogP contribution is -2.42. The summed E-state index contributed by atoms with van der Waals surface area (Å²) in [5.74, 6) is 0. The highest BCUT2D eigenvalue weighted by molar-refractivity contribution is 4.95. The van der Waals surface area contributed by atoms with E-state index in [9.17, 15) is 0 Å². The number of nitrogens with zero attached hydrogens (tertiary/aromatic N) is 1. The van der Waals surface area contributed by atoms with E-state index in [-0.39, 0.29) is 0 Å². The van der Waals surface area contributed by atoms with E-state index in [4.69, 9.17) is 4.74 Å². The van der Waals surface area contributed by atoms with Crippen LogP contribution in [0.5, 0.6) is 0 Å². The van der Waals surface area contributed by atoms with Crippen LogP contribution in [0.25, 0.3) is 0 Å². The van der Waals surface area contributed by atoms with Crippen LogP contribution in [0.4, 0.5) is 0 Å². The Balaban J connectivity index is 1.76. The molecule has 0 saturated carbocycles. The average Bonchev–Trinajstić information content (AvgIpc) is 2.76. The zero-order valence-electron chi connectivity index (χ0n) is 9.33. The highest BCUT2D eigenvalue weighted by Crippen LogP contribution is 2.27. The first kappa shape index (κ1) is 10.4. The standard InChI is InChI=1S/C11H22N2O/c1-9(14-2)8-12-10-5-7-13-6-3-4-11(10)13/h9-12H,3-8H2,1-2H3. The number of fused-ring (bicyclic) bond motifs is 1. The largest absolute Gasteiger partial charge is 0.380 e. The van der Waals surface area contributed by atoms with Gasteiger partial charge in [-0.2, -0.15) is 0 Å². The van der Waals surface area contributed by atoms with Gasteiger partial charge < -0.3 is 10.1 Å². The highest BCUT2D eigenvalue weighted by atomic mass is 16.5. The van der Waals surface area contributed by atoms with Gasteiger partial charge in [0.05, 0.1) is 6.10 Å². The van der Waals surface area contributed by atoms with Gasteiger partial charge in [0.1, 0.15) is 0 Å². The van der Waals surface area contributed by atoms with Crippen molar-refractivity contribution in [1.82, 2.24) is 10.2 Å². The molecule has 2 heterocycles. The maximum absolute atomic E-state index is 5.25.